The fraction of sp³-hybridized carbons (Fsp3) is 0.294. The van der Waals surface area contributed by atoms with Crippen LogP contribution >= 0.6 is 0 Å². The van der Waals surface area contributed by atoms with E-state index in [0.717, 1.165) is 17.1 Å². The summed E-state index contributed by atoms with van der Waals surface area (Å²) in [5.41, 5.74) is 1.34. The molecule has 3 aromatic rings. The summed E-state index contributed by atoms with van der Waals surface area (Å²) in [7, 11) is 1.71. The molecule has 0 amide bonds. The number of methoxy groups -OCH3 is 1. The third kappa shape index (κ3) is 3.43. The Morgan fingerprint density at radius 2 is 1.83 bits per heavy atom. The summed E-state index contributed by atoms with van der Waals surface area (Å²) >= 11 is 0. The van der Waals surface area contributed by atoms with Crippen LogP contribution in [0, 0.1) is 0 Å². The Kier molecular flexibility index (Phi) is 4.16. The molecule has 0 saturated heterocycles. The molecular formula is C17H19N5O. The number of hydrogen-bond acceptors (Lipinski definition) is 5. The first-order valence-electron chi connectivity index (χ1n) is 7.39. The van der Waals surface area contributed by atoms with E-state index in [-0.39, 0.29) is 5.60 Å². The zero-order chi connectivity index (χ0) is 16.3. The van der Waals surface area contributed by atoms with Crippen LogP contribution in [0.3, 0.4) is 0 Å². The predicted molar refractivity (Wildman–Crippen MR) is 87.6 cm³/mol. The molecule has 3 aromatic heterocycles. The second-order valence-corrected chi connectivity index (χ2v) is 5.85. The Labute approximate surface area is 135 Å². The van der Waals surface area contributed by atoms with E-state index in [1.165, 1.54) is 0 Å². The Morgan fingerprint density at radius 1 is 1.04 bits per heavy atom. The molecular weight excluding hydrogens is 290 g/mol. The van der Waals surface area contributed by atoms with Gasteiger partial charge in [-0.15, -0.1) is 0 Å². The second kappa shape index (κ2) is 6.26. The highest BCUT2D eigenvalue weighted by Gasteiger charge is 2.19. The lowest BCUT2D eigenvalue weighted by Gasteiger charge is -2.24. The third-order valence-corrected chi connectivity index (χ3v) is 3.62. The number of nitrogens with zero attached hydrogens (tertiary/aromatic N) is 5. The smallest absolute Gasteiger partial charge is 0.178 e. The molecule has 6 nitrogen and oxygen atoms in total. The van der Waals surface area contributed by atoms with Gasteiger partial charge in [-0.2, -0.15) is 0 Å². The van der Waals surface area contributed by atoms with Crippen molar-refractivity contribution in [1.82, 2.24) is 24.5 Å². The largest absolute Gasteiger partial charge is 0.377 e. The maximum Gasteiger partial charge on any atom is 0.178 e. The van der Waals surface area contributed by atoms with Crippen LogP contribution in [0.2, 0.25) is 0 Å². The minimum Gasteiger partial charge on any atom is -0.377 e. The second-order valence-electron chi connectivity index (χ2n) is 5.85. The van der Waals surface area contributed by atoms with E-state index in [2.05, 4.69) is 19.9 Å². The van der Waals surface area contributed by atoms with Gasteiger partial charge in [0.2, 0.25) is 0 Å². The molecule has 0 aliphatic rings. The topological polar surface area (TPSA) is 65.7 Å². The van der Waals surface area contributed by atoms with Gasteiger partial charge < -0.3 is 9.30 Å². The van der Waals surface area contributed by atoms with Gasteiger partial charge in [0.15, 0.2) is 5.82 Å². The molecule has 0 unspecified atom stereocenters. The van der Waals surface area contributed by atoms with Crippen LogP contribution < -0.4 is 0 Å². The molecule has 118 valence electrons. The van der Waals surface area contributed by atoms with Crippen molar-refractivity contribution in [2.45, 2.75) is 26.0 Å². The molecule has 6 heteroatoms. The highest BCUT2D eigenvalue weighted by molar-refractivity contribution is 5.56. The molecule has 0 bridgehead atoms. The minimum atomic E-state index is -0.274. The monoisotopic (exact) mass is 309 g/mol. The van der Waals surface area contributed by atoms with E-state index in [1.54, 1.807) is 31.9 Å². The van der Waals surface area contributed by atoms with Gasteiger partial charge in [-0.1, -0.05) is 6.07 Å². The molecule has 0 spiro atoms. The Hall–Kier alpha value is -2.60. The van der Waals surface area contributed by atoms with Crippen molar-refractivity contribution in [2.24, 2.45) is 0 Å². The van der Waals surface area contributed by atoms with Gasteiger partial charge in [0, 0.05) is 38.1 Å². The van der Waals surface area contributed by atoms with E-state index in [4.69, 9.17) is 4.74 Å². The first-order valence-corrected chi connectivity index (χ1v) is 7.39. The summed E-state index contributed by atoms with van der Waals surface area (Å²) in [5, 5.41) is 0. The maximum absolute atomic E-state index is 5.49. The number of imidazole rings is 1. The fourth-order valence-corrected chi connectivity index (χ4v) is 2.24. The normalized spacial score (nSPS) is 11.6. The molecule has 23 heavy (non-hydrogen) atoms. The quantitative estimate of drug-likeness (QED) is 0.725. The molecule has 0 atom stereocenters. The summed E-state index contributed by atoms with van der Waals surface area (Å²) in [6.07, 6.45) is 8.98. The van der Waals surface area contributed by atoms with Crippen LogP contribution in [0.25, 0.3) is 22.9 Å². The van der Waals surface area contributed by atoms with Crippen molar-refractivity contribution < 1.29 is 4.74 Å². The number of pyridine rings is 1. The van der Waals surface area contributed by atoms with Crippen molar-refractivity contribution in [3.63, 3.8) is 0 Å². The lowest BCUT2D eigenvalue weighted by Crippen LogP contribution is -2.29. The SMILES string of the molecule is COC(C)(C)Cn1ccnc1-c1cnc(-c2ccccn2)nc1. The summed E-state index contributed by atoms with van der Waals surface area (Å²) in [6, 6.07) is 5.67. The Morgan fingerprint density at radius 3 is 2.48 bits per heavy atom. The van der Waals surface area contributed by atoms with Crippen molar-refractivity contribution in [2.75, 3.05) is 7.11 Å². The standard InChI is InChI=1S/C17H19N5O/c1-17(2,23-3)12-22-9-8-19-16(22)13-10-20-15(21-11-13)14-6-4-5-7-18-14/h4-11H,12H2,1-3H3. The van der Waals surface area contributed by atoms with Gasteiger partial charge in [0.25, 0.3) is 0 Å². The van der Waals surface area contributed by atoms with E-state index in [9.17, 15) is 0 Å². The first-order chi connectivity index (χ1) is 11.1. The van der Waals surface area contributed by atoms with Gasteiger partial charge in [-0.05, 0) is 26.0 Å². The highest BCUT2D eigenvalue weighted by atomic mass is 16.5. The number of rotatable bonds is 5. The lowest BCUT2D eigenvalue weighted by atomic mass is 10.1. The van der Waals surface area contributed by atoms with Crippen molar-refractivity contribution in [3.05, 3.63) is 49.2 Å². The summed E-state index contributed by atoms with van der Waals surface area (Å²) < 4.78 is 7.53. The summed E-state index contributed by atoms with van der Waals surface area (Å²) in [5.74, 6) is 1.42. The molecule has 0 radical (unpaired) electrons. The first kappa shape index (κ1) is 15.3. The molecule has 3 heterocycles. The average Bonchev–Trinajstić information content (AvgIpc) is 3.03. The van der Waals surface area contributed by atoms with Gasteiger partial charge in [-0.3, -0.25) is 4.98 Å². The number of ether oxygens (including phenoxy) is 1. The number of aromatic nitrogens is 5. The van der Waals surface area contributed by atoms with Gasteiger partial charge >= 0.3 is 0 Å². The molecule has 0 N–H and O–H groups in total. The van der Waals surface area contributed by atoms with Gasteiger partial charge in [-0.25, -0.2) is 15.0 Å². The van der Waals surface area contributed by atoms with Crippen molar-refractivity contribution >= 4 is 0 Å². The van der Waals surface area contributed by atoms with Crippen LogP contribution in [-0.4, -0.2) is 37.2 Å². The van der Waals surface area contributed by atoms with E-state index < -0.39 is 0 Å². The predicted octanol–water partition coefficient (Wildman–Crippen LogP) is 2.83. The lowest BCUT2D eigenvalue weighted by molar-refractivity contribution is 0.00850. The van der Waals surface area contributed by atoms with E-state index >= 15 is 0 Å². The minimum absolute atomic E-state index is 0.274. The third-order valence-electron chi connectivity index (χ3n) is 3.62. The van der Waals surface area contributed by atoms with E-state index in [0.29, 0.717) is 12.4 Å². The molecule has 0 aliphatic carbocycles. The van der Waals surface area contributed by atoms with Gasteiger partial charge in [0.1, 0.15) is 11.5 Å². The van der Waals surface area contributed by atoms with Gasteiger partial charge in [0.05, 0.1) is 17.7 Å². The molecule has 3 rings (SSSR count). The van der Waals surface area contributed by atoms with Crippen LogP contribution in [-0.2, 0) is 11.3 Å². The van der Waals surface area contributed by atoms with Crippen molar-refractivity contribution in [3.8, 4) is 22.9 Å². The fourth-order valence-electron chi connectivity index (χ4n) is 2.24. The number of hydrogen-bond donors (Lipinski definition) is 0. The average molecular weight is 309 g/mol. The van der Waals surface area contributed by atoms with Crippen LogP contribution in [0.15, 0.2) is 49.2 Å². The van der Waals surface area contributed by atoms with E-state index in [1.807, 2.05) is 42.8 Å². The van der Waals surface area contributed by atoms with Crippen LogP contribution in [0.5, 0.6) is 0 Å². The molecule has 0 saturated carbocycles. The van der Waals surface area contributed by atoms with Crippen LogP contribution in [0.1, 0.15) is 13.8 Å². The highest BCUT2D eigenvalue weighted by Crippen LogP contribution is 2.21. The summed E-state index contributed by atoms with van der Waals surface area (Å²) in [6.45, 7) is 4.77. The Bertz CT molecular complexity index is 765. The Balaban J connectivity index is 1.88. The molecule has 0 aromatic carbocycles. The van der Waals surface area contributed by atoms with Crippen molar-refractivity contribution in [1.29, 1.82) is 0 Å². The molecule has 0 fully saturated rings. The van der Waals surface area contributed by atoms with Crippen LogP contribution in [0.4, 0.5) is 0 Å². The molecule has 0 aliphatic heterocycles. The zero-order valence-electron chi connectivity index (χ0n) is 13.5. The zero-order valence-corrected chi connectivity index (χ0v) is 13.5. The summed E-state index contributed by atoms with van der Waals surface area (Å²) in [4.78, 5) is 17.5. The maximum atomic E-state index is 5.49.